The Morgan fingerprint density at radius 1 is 0.967 bits per heavy atom. The van der Waals surface area contributed by atoms with Gasteiger partial charge in [-0.25, -0.2) is 13.6 Å². The minimum absolute atomic E-state index is 0.116. The maximum Gasteiger partial charge on any atom is 0.335 e. The second-order valence-electron chi connectivity index (χ2n) is 6.86. The average Bonchev–Trinajstić information content (AvgIpc) is 3.12. The van der Waals surface area contributed by atoms with Crippen LogP contribution in [0.1, 0.15) is 38.9 Å². The lowest BCUT2D eigenvalue weighted by atomic mass is 9.97. The molecular weight excluding hydrogens is 388 g/mol. The molecule has 150 valence electrons. The fourth-order valence-corrected chi connectivity index (χ4v) is 3.66. The Morgan fingerprint density at radius 2 is 1.70 bits per heavy atom. The molecule has 0 aliphatic rings. The summed E-state index contributed by atoms with van der Waals surface area (Å²) in [5, 5.41) is 9.37. The van der Waals surface area contributed by atoms with Crippen molar-refractivity contribution >= 4 is 17.3 Å². The lowest BCUT2D eigenvalue weighted by molar-refractivity contribution is 0.0695. The number of carboxylic acid groups (broad SMARTS) is 1. The fourth-order valence-electron chi connectivity index (χ4n) is 3.66. The zero-order chi connectivity index (χ0) is 21.4. The van der Waals surface area contributed by atoms with Crippen LogP contribution in [0.15, 0.2) is 66.9 Å². The molecule has 0 spiro atoms. The third-order valence-electron chi connectivity index (χ3n) is 5.13. The van der Waals surface area contributed by atoms with Crippen LogP contribution in [0.25, 0.3) is 16.6 Å². The normalized spacial score (nSPS) is 11.0. The van der Waals surface area contributed by atoms with E-state index in [1.165, 1.54) is 12.1 Å². The number of hydrogen-bond acceptors (Lipinski definition) is 2. The van der Waals surface area contributed by atoms with E-state index < -0.39 is 29.0 Å². The Kier molecular flexibility index (Phi) is 4.91. The van der Waals surface area contributed by atoms with Gasteiger partial charge < -0.3 is 9.51 Å². The standard InChI is InChI=1S/C24H17F2NO3/c1-2-14-12-15(9-10-16(14)24(29)30)17-13-21(27-11-4-3-8-20(17)27)23(28)22-18(25)6-5-7-19(22)26/h3-13H,2H2,1H3,(H,29,30). The van der Waals surface area contributed by atoms with Crippen molar-refractivity contribution in [2.24, 2.45) is 0 Å². The number of pyridine rings is 1. The van der Waals surface area contributed by atoms with Gasteiger partial charge in [0.25, 0.3) is 0 Å². The first kappa shape index (κ1) is 19.5. The first-order valence-corrected chi connectivity index (χ1v) is 9.37. The molecule has 1 N–H and O–H groups in total. The van der Waals surface area contributed by atoms with Crippen LogP contribution in [-0.4, -0.2) is 21.3 Å². The number of ketones is 1. The minimum Gasteiger partial charge on any atom is -0.478 e. The molecule has 0 atom stereocenters. The predicted molar refractivity (Wildman–Crippen MR) is 109 cm³/mol. The molecule has 0 saturated carbocycles. The molecular formula is C24H17F2NO3. The number of aromatic carboxylic acids is 1. The van der Waals surface area contributed by atoms with Gasteiger partial charge in [0, 0.05) is 11.8 Å². The molecule has 0 radical (unpaired) electrons. The molecule has 0 aliphatic heterocycles. The van der Waals surface area contributed by atoms with Gasteiger partial charge in [0.15, 0.2) is 0 Å². The highest BCUT2D eigenvalue weighted by Crippen LogP contribution is 2.31. The monoisotopic (exact) mass is 405 g/mol. The first-order chi connectivity index (χ1) is 14.4. The number of nitrogens with zero attached hydrogens (tertiary/aromatic N) is 1. The summed E-state index contributed by atoms with van der Waals surface area (Å²) in [6, 6.07) is 15.2. The zero-order valence-electron chi connectivity index (χ0n) is 16.0. The van der Waals surface area contributed by atoms with Gasteiger partial charge in [-0.2, -0.15) is 0 Å². The number of aryl methyl sites for hydroxylation is 1. The van der Waals surface area contributed by atoms with Gasteiger partial charge in [-0.05, 0) is 53.9 Å². The molecule has 6 heteroatoms. The fraction of sp³-hybridized carbons (Fsp3) is 0.0833. The summed E-state index contributed by atoms with van der Waals surface area (Å²) in [4.78, 5) is 24.5. The Morgan fingerprint density at radius 3 is 2.37 bits per heavy atom. The summed E-state index contributed by atoms with van der Waals surface area (Å²) in [7, 11) is 0. The van der Waals surface area contributed by atoms with E-state index in [9.17, 15) is 23.5 Å². The van der Waals surface area contributed by atoms with Gasteiger partial charge in [-0.1, -0.05) is 31.2 Å². The number of aromatic nitrogens is 1. The first-order valence-electron chi connectivity index (χ1n) is 9.37. The summed E-state index contributed by atoms with van der Waals surface area (Å²) in [6.45, 7) is 1.86. The summed E-state index contributed by atoms with van der Waals surface area (Å²) in [6.07, 6.45) is 2.17. The summed E-state index contributed by atoms with van der Waals surface area (Å²) < 4.78 is 30.0. The largest absolute Gasteiger partial charge is 0.478 e. The van der Waals surface area contributed by atoms with Crippen molar-refractivity contribution in [2.45, 2.75) is 13.3 Å². The highest BCUT2D eigenvalue weighted by atomic mass is 19.1. The quantitative estimate of drug-likeness (QED) is 0.454. The Balaban J connectivity index is 1.93. The van der Waals surface area contributed by atoms with E-state index in [0.29, 0.717) is 28.6 Å². The Hall–Kier alpha value is -3.80. The Bertz CT molecular complexity index is 1290. The smallest absolute Gasteiger partial charge is 0.335 e. The SMILES string of the molecule is CCc1cc(-c2cc(C(=O)c3c(F)cccc3F)n3ccccc23)ccc1C(=O)O. The second kappa shape index (κ2) is 7.55. The molecule has 2 aromatic heterocycles. The molecule has 30 heavy (non-hydrogen) atoms. The topological polar surface area (TPSA) is 58.8 Å². The molecule has 0 saturated heterocycles. The van der Waals surface area contributed by atoms with Crippen molar-refractivity contribution in [3.63, 3.8) is 0 Å². The molecule has 0 fully saturated rings. The van der Waals surface area contributed by atoms with E-state index in [1.807, 2.05) is 6.92 Å². The third kappa shape index (κ3) is 3.16. The lowest BCUT2D eigenvalue weighted by Gasteiger charge is -2.07. The predicted octanol–water partition coefficient (Wildman–Crippen LogP) is 5.38. The van der Waals surface area contributed by atoms with Crippen molar-refractivity contribution in [3.05, 3.63) is 101 Å². The van der Waals surface area contributed by atoms with Crippen molar-refractivity contribution in [2.75, 3.05) is 0 Å². The van der Waals surface area contributed by atoms with Crippen molar-refractivity contribution in [1.82, 2.24) is 4.40 Å². The highest BCUT2D eigenvalue weighted by Gasteiger charge is 2.23. The number of rotatable bonds is 5. The van der Waals surface area contributed by atoms with Gasteiger partial charge >= 0.3 is 5.97 Å². The van der Waals surface area contributed by atoms with Crippen LogP contribution in [0, 0.1) is 11.6 Å². The maximum atomic E-state index is 14.2. The van der Waals surface area contributed by atoms with Gasteiger partial charge in [0.1, 0.15) is 11.6 Å². The molecule has 4 rings (SSSR count). The molecule has 0 amide bonds. The van der Waals surface area contributed by atoms with Crippen molar-refractivity contribution in [3.8, 4) is 11.1 Å². The molecule has 0 unspecified atom stereocenters. The second-order valence-corrected chi connectivity index (χ2v) is 6.86. The van der Waals surface area contributed by atoms with Gasteiger partial charge in [-0.3, -0.25) is 4.79 Å². The number of fused-ring (bicyclic) bond motifs is 1. The van der Waals surface area contributed by atoms with Gasteiger partial charge in [-0.15, -0.1) is 0 Å². The van der Waals surface area contributed by atoms with E-state index >= 15 is 0 Å². The van der Waals surface area contributed by atoms with Crippen LogP contribution in [0.2, 0.25) is 0 Å². The Labute approximate surface area is 171 Å². The minimum atomic E-state index is -1.01. The van der Waals surface area contributed by atoms with Gasteiger partial charge in [0.05, 0.1) is 22.3 Å². The molecule has 2 heterocycles. The highest BCUT2D eigenvalue weighted by molar-refractivity contribution is 6.10. The third-order valence-corrected chi connectivity index (χ3v) is 5.13. The van der Waals surface area contributed by atoms with E-state index in [4.69, 9.17) is 0 Å². The number of hydrogen-bond donors (Lipinski definition) is 1. The van der Waals surface area contributed by atoms with Gasteiger partial charge in [0.2, 0.25) is 5.78 Å². The summed E-state index contributed by atoms with van der Waals surface area (Å²) in [5.74, 6) is -3.63. The lowest BCUT2D eigenvalue weighted by Crippen LogP contribution is -2.09. The van der Waals surface area contributed by atoms with E-state index in [1.54, 1.807) is 47.0 Å². The van der Waals surface area contributed by atoms with Crippen LogP contribution in [0.4, 0.5) is 8.78 Å². The van der Waals surface area contributed by atoms with E-state index in [2.05, 4.69) is 0 Å². The van der Waals surface area contributed by atoms with Crippen LogP contribution >= 0.6 is 0 Å². The summed E-state index contributed by atoms with van der Waals surface area (Å²) >= 11 is 0. The van der Waals surface area contributed by atoms with Crippen molar-refractivity contribution < 1.29 is 23.5 Å². The molecule has 4 aromatic rings. The molecule has 0 aliphatic carbocycles. The van der Waals surface area contributed by atoms with Crippen molar-refractivity contribution in [1.29, 1.82) is 0 Å². The van der Waals surface area contributed by atoms with Crippen LogP contribution in [-0.2, 0) is 6.42 Å². The van der Waals surface area contributed by atoms with E-state index in [-0.39, 0.29) is 11.3 Å². The molecule has 0 bridgehead atoms. The number of carboxylic acids is 1. The van der Waals surface area contributed by atoms with Crippen LogP contribution in [0.5, 0.6) is 0 Å². The molecule has 4 nitrogen and oxygen atoms in total. The number of benzene rings is 2. The summed E-state index contributed by atoms with van der Waals surface area (Å²) in [5.41, 5.74) is 2.43. The zero-order valence-corrected chi connectivity index (χ0v) is 16.0. The van der Waals surface area contributed by atoms with Crippen LogP contribution < -0.4 is 0 Å². The number of carbonyl (C=O) groups excluding carboxylic acids is 1. The average molecular weight is 405 g/mol. The number of carbonyl (C=O) groups is 2. The molecule has 2 aromatic carbocycles. The van der Waals surface area contributed by atoms with Crippen LogP contribution in [0.3, 0.4) is 0 Å². The number of halogens is 2. The maximum absolute atomic E-state index is 14.2. The van der Waals surface area contributed by atoms with E-state index in [0.717, 1.165) is 12.1 Å².